The van der Waals surface area contributed by atoms with Crippen molar-refractivity contribution in [1.82, 2.24) is 9.88 Å². The maximum Gasteiger partial charge on any atom is 0.254 e. The van der Waals surface area contributed by atoms with Crippen LogP contribution in [0.4, 0.5) is 0 Å². The van der Waals surface area contributed by atoms with Gasteiger partial charge in [-0.3, -0.25) is 9.78 Å². The first-order valence-electron chi connectivity index (χ1n) is 5.99. The first kappa shape index (κ1) is 13.0. The van der Waals surface area contributed by atoms with E-state index in [2.05, 4.69) is 4.98 Å². The lowest BCUT2D eigenvalue weighted by Gasteiger charge is -2.23. The Labute approximate surface area is 107 Å². The van der Waals surface area contributed by atoms with E-state index in [1.165, 1.54) is 0 Å². The minimum atomic E-state index is 0.0130. The summed E-state index contributed by atoms with van der Waals surface area (Å²) in [6, 6.07) is 3.54. The highest BCUT2D eigenvalue weighted by Gasteiger charge is 2.35. The summed E-state index contributed by atoms with van der Waals surface area (Å²) >= 11 is 0. The van der Waals surface area contributed by atoms with Crippen molar-refractivity contribution < 1.29 is 14.3 Å². The molecule has 1 aromatic rings. The molecule has 2 atom stereocenters. The Morgan fingerprint density at radius 1 is 1.44 bits per heavy atom. The van der Waals surface area contributed by atoms with Crippen LogP contribution in [0, 0.1) is 0 Å². The van der Waals surface area contributed by atoms with E-state index >= 15 is 0 Å². The second-order valence-electron chi connectivity index (χ2n) is 4.40. The summed E-state index contributed by atoms with van der Waals surface area (Å²) in [5, 5.41) is 0. The Kier molecular flexibility index (Phi) is 4.28. The van der Waals surface area contributed by atoms with Crippen molar-refractivity contribution in [3.8, 4) is 0 Å². The van der Waals surface area contributed by atoms with Crippen LogP contribution >= 0.6 is 0 Å². The smallest absolute Gasteiger partial charge is 0.254 e. The van der Waals surface area contributed by atoms with Crippen LogP contribution in [0.5, 0.6) is 0 Å². The van der Waals surface area contributed by atoms with Gasteiger partial charge in [0.05, 0.1) is 18.8 Å². The van der Waals surface area contributed by atoms with E-state index in [1.54, 1.807) is 38.7 Å². The molecule has 1 aromatic heterocycles. The quantitative estimate of drug-likeness (QED) is 0.798. The van der Waals surface area contributed by atoms with E-state index in [4.69, 9.17) is 9.47 Å². The number of amides is 1. The number of carbonyl (C=O) groups excluding carboxylic acids is 1. The van der Waals surface area contributed by atoms with Crippen molar-refractivity contribution in [3.63, 3.8) is 0 Å². The van der Waals surface area contributed by atoms with Gasteiger partial charge < -0.3 is 14.4 Å². The maximum absolute atomic E-state index is 12.4. The molecule has 5 heteroatoms. The van der Waals surface area contributed by atoms with Crippen molar-refractivity contribution >= 4 is 5.91 Å². The molecule has 0 unspecified atom stereocenters. The van der Waals surface area contributed by atoms with Gasteiger partial charge in [0.2, 0.25) is 0 Å². The standard InChI is InChI=1S/C13H18N2O3/c1-17-9-11-7-12(18-2)8-15(11)13(16)10-3-5-14-6-4-10/h3-6,11-12H,7-9H2,1-2H3/t11-,12+/m0/s1. The fourth-order valence-corrected chi connectivity index (χ4v) is 2.30. The number of carbonyl (C=O) groups is 1. The molecule has 0 N–H and O–H groups in total. The van der Waals surface area contributed by atoms with Crippen LogP contribution in [-0.2, 0) is 9.47 Å². The molecule has 5 nitrogen and oxygen atoms in total. The highest BCUT2D eigenvalue weighted by Crippen LogP contribution is 2.22. The third-order valence-electron chi connectivity index (χ3n) is 3.26. The van der Waals surface area contributed by atoms with Gasteiger partial charge in [-0.1, -0.05) is 0 Å². The summed E-state index contributed by atoms with van der Waals surface area (Å²) < 4.78 is 10.5. The summed E-state index contributed by atoms with van der Waals surface area (Å²) in [5.74, 6) is 0.0130. The van der Waals surface area contributed by atoms with Gasteiger partial charge in [0, 0.05) is 38.7 Å². The summed E-state index contributed by atoms with van der Waals surface area (Å²) in [6.45, 7) is 1.16. The van der Waals surface area contributed by atoms with Crippen LogP contribution < -0.4 is 0 Å². The van der Waals surface area contributed by atoms with Gasteiger partial charge in [-0.05, 0) is 18.6 Å². The molecule has 0 aromatic carbocycles. The van der Waals surface area contributed by atoms with E-state index < -0.39 is 0 Å². The number of methoxy groups -OCH3 is 2. The van der Waals surface area contributed by atoms with Crippen LogP contribution in [0.15, 0.2) is 24.5 Å². The van der Waals surface area contributed by atoms with Crippen molar-refractivity contribution in [2.45, 2.75) is 18.6 Å². The summed E-state index contributed by atoms with van der Waals surface area (Å²) in [5.41, 5.74) is 0.655. The molecule has 0 aliphatic carbocycles. The van der Waals surface area contributed by atoms with Crippen LogP contribution in [-0.4, -0.2) is 55.3 Å². The number of hydrogen-bond acceptors (Lipinski definition) is 4. The molecule has 0 spiro atoms. The predicted molar refractivity (Wildman–Crippen MR) is 66.4 cm³/mol. The van der Waals surface area contributed by atoms with Gasteiger partial charge in [-0.15, -0.1) is 0 Å². The minimum Gasteiger partial charge on any atom is -0.383 e. The Morgan fingerprint density at radius 2 is 2.17 bits per heavy atom. The first-order valence-corrected chi connectivity index (χ1v) is 5.99. The second-order valence-corrected chi connectivity index (χ2v) is 4.40. The zero-order valence-electron chi connectivity index (χ0n) is 10.7. The first-order chi connectivity index (χ1) is 8.76. The average Bonchev–Trinajstić information content (AvgIpc) is 2.82. The molecule has 0 saturated carbocycles. The fourth-order valence-electron chi connectivity index (χ4n) is 2.30. The van der Waals surface area contributed by atoms with Gasteiger partial charge in [-0.25, -0.2) is 0 Å². The lowest BCUT2D eigenvalue weighted by Crippen LogP contribution is -2.38. The number of ether oxygens (including phenoxy) is 2. The third kappa shape index (κ3) is 2.68. The molecular weight excluding hydrogens is 232 g/mol. The van der Waals surface area contributed by atoms with Crippen LogP contribution in [0.25, 0.3) is 0 Å². The van der Waals surface area contributed by atoms with E-state index in [9.17, 15) is 4.79 Å². The molecule has 1 amide bonds. The molecular formula is C13H18N2O3. The molecule has 2 rings (SSSR count). The minimum absolute atomic E-state index is 0.0130. The Morgan fingerprint density at radius 3 is 2.78 bits per heavy atom. The van der Waals surface area contributed by atoms with Gasteiger partial charge in [-0.2, -0.15) is 0 Å². The molecule has 18 heavy (non-hydrogen) atoms. The molecule has 0 bridgehead atoms. The number of pyridine rings is 1. The Bertz CT molecular complexity index is 396. The second kappa shape index (κ2) is 5.93. The topological polar surface area (TPSA) is 51.7 Å². The lowest BCUT2D eigenvalue weighted by molar-refractivity contribution is 0.0612. The molecule has 1 fully saturated rings. The van der Waals surface area contributed by atoms with E-state index in [-0.39, 0.29) is 18.1 Å². The summed E-state index contributed by atoms with van der Waals surface area (Å²) in [6.07, 6.45) is 4.17. The SMILES string of the molecule is COC[C@@H]1C[C@@H](OC)CN1C(=O)c1ccncc1. The van der Waals surface area contributed by atoms with Crippen LogP contribution in [0.1, 0.15) is 16.8 Å². The molecule has 1 aliphatic heterocycles. The lowest BCUT2D eigenvalue weighted by atomic mass is 10.2. The van der Waals surface area contributed by atoms with E-state index in [1.807, 2.05) is 4.90 Å². The number of aromatic nitrogens is 1. The summed E-state index contributed by atoms with van der Waals surface area (Å²) in [4.78, 5) is 18.1. The summed E-state index contributed by atoms with van der Waals surface area (Å²) in [7, 11) is 3.32. The Hall–Kier alpha value is -1.46. The van der Waals surface area contributed by atoms with Crippen LogP contribution in [0.3, 0.4) is 0 Å². The number of hydrogen-bond donors (Lipinski definition) is 0. The third-order valence-corrected chi connectivity index (χ3v) is 3.26. The fraction of sp³-hybridized carbons (Fsp3) is 0.538. The van der Waals surface area contributed by atoms with E-state index in [0.717, 1.165) is 6.42 Å². The molecule has 2 heterocycles. The van der Waals surface area contributed by atoms with Crippen molar-refractivity contribution in [2.24, 2.45) is 0 Å². The number of nitrogens with zero attached hydrogens (tertiary/aromatic N) is 2. The number of likely N-dealkylation sites (tertiary alicyclic amines) is 1. The molecule has 0 radical (unpaired) electrons. The molecule has 1 saturated heterocycles. The van der Waals surface area contributed by atoms with Crippen molar-refractivity contribution in [2.75, 3.05) is 27.4 Å². The predicted octanol–water partition coefficient (Wildman–Crippen LogP) is 0.957. The monoisotopic (exact) mass is 250 g/mol. The average molecular weight is 250 g/mol. The van der Waals surface area contributed by atoms with Gasteiger partial charge >= 0.3 is 0 Å². The van der Waals surface area contributed by atoms with Gasteiger partial charge in [0.15, 0.2) is 0 Å². The maximum atomic E-state index is 12.4. The normalized spacial score (nSPS) is 23.3. The zero-order chi connectivity index (χ0) is 13.0. The van der Waals surface area contributed by atoms with Crippen molar-refractivity contribution in [1.29, 1.82) is 0 Å². The van der Waals surface area contributed by atoms with E-state index in [0.29, 0.717) is 18.7 Å². The molecule has 1 aliphatic rings. The number of rotatable bonds is 4. The highest BCUT2D eigenvalue weighted by atomic mass is 16.5. The Balaban J connectivity index is 2.12. The van der Waals surface area contributed by atoms with Gasteiger partial charge in [0.1, 0.15) is 0 Å². The van der Waals surface area contributed by atoms with Crippen molar-refractivity contribution in [3.05, 3.63) is 30.1 Å². The largest absolute Gasteiger partial charge is 0.383 e. The van der Waals surface area contributed by atoms with Crippen LogP contribution in [0.2, 0.25) is 0 Å². The molecule has 98 valence electrons. The zero-order valence-corrected chi connectivity index (χ0v) is 10.7. The van der Waals surface area contributed by atoms with Gasteiger partial charge in [0.25, 0.3) is 5.91 Å². The highest BCUT2D eigenvalue weighted by molar-refractivity contribution is 5.94.